The van der Waals surface area contributed by atoms with E-state index in [2.05, 4.69) is 4.98 Å². The smallest absolute Gasteiger partial charge is 0.166 e. The largest absolute Gasteiger partial charge is 0.221 e. The van der Waals surface area contributed by atoms with Crippen molar-refractivity contribution in [3.8, 4) is 6.07 Å². The quantitative estimate of drug-likeness (QED) is 0.680. The third kappa shape index (κ3) is 2.09. The van der Waals surface area contributed by atoms with Crippen LogP contribution in [-0.4, -0.2) is 4.98 Å². The van der Waals surface area contributed by atoms with Crippen LogP contribution in [0.15, 0.2) is 6.07 Å². The fraction of sp³-hybridized carbons (Fsp3) is 0.250. The number of rotatable bonds is 1. The molecule has 0 spiro atoms. The molecule has 0 bridgehead atoms. The first-order chi connectivity index (χ1) is 6.06. The second-order valence-corrected chi connectivity index (χ2v) is 3.21. The fourth-order valence-corrected chi connectivity index (χ4v) is 1.32. The van der Waals surface area contributed by atoms with Crippen LogP contribution in [-0.2, 0) is 0 Å². The lowest BCUT2D eigenvalue weighted by Gasteiger charge is -2.05. The summed E-state index contributed by atoms with van der Waals surface area (Å²) in [5, 5.41) is 8.37. The number of hydrogen-bond donors (Lipinski definition) is 0. The molecule has 0 N–H and O–H groups in total. The second kappa shape index (κ2) is 3.91. The van der Waals surface area contributed by atoms with Crippen LogP contribution in [0.4, 0.5) is 4.39 Å². The lowest BCUT2D eigenvalue weighted by atomic mass is 10.1. The number of halogens is 3. The van der Waals surface area contributed by atoms with Crippen molar-refractivity contribution in [2.24, 2.45) is 0 Å². The van der Waals surface area contributed by atoms with Gasteiger partial charge in [0.2, 0.25) is 0 Å². The molecular weight excluding hydrogens is 214 g/mol. The highest BCUT2D eigenvalue weighted by Crippen LogP contribution is 2.25. The summed E-state index contributed by atoms with van der Waals surface area (Å²) in [4.78, 5) is 3.55. The Hall–Kier alpha value is -0.850. The van der Waals surface area contributed by atoms with Gasteiger partial charge in [-0.15, -0.1) is 0 Å². The summed E-state index contributed by atoms with van der Waals surface area (Å²) in [6.07, 6.45) is 0. The number of hydrogen-bond acceptors (Lipinski definition) is 2. The molecule has 0 aliphatic rings. The third-order valence-electron chi connectivity index (χ3n) is 1.57. The lowest BCUT2D eigenvalue weighted by Crippen LogP contribution is -1.96. The first-order valence-corrected chi connectivity index (χ1v) is 4.23. The average molecular weight is 219 g/mol. The van der Waals surface area contributed by atoms with Crippen molar-refractivity contribution in [2.75, 3.05) is 0 Å². The van der Waals surface area contributed by atoms with E-state index in [9.17, 15) is 4.39 Å². The minimum Gasteiger partial charge on any atom is -0.221 e. The van der Waals surface area contributed by atoms with Crippen LogP contribution in [0.1, 0.15) is 18.4 Å². The molecule has 1 aromatic rings. The van der Waals surface area contributed by atoms with Crippen LogP contribution in [0.5, 0.6) is 0 Å². The van der Waals surface area contributed by atoms with Gasteiger partial charge in [0.15, 0.2) is 11.0 Å². The highest BCUT2D eigenvalue weighted by molar-refractivity contribution is 6.33. The summed E-state index contributed by atoms with van der Waals surface area (Å²) in [6.45, 7) is 1.61. The van der Waals surface area contributed by atoms with E-state index < -0.39 is 11.7 Å². The summed E-state index contributed by atoms with van der Waals surface area (Å²) in [5.41, 5.74) is 0.353. The molecule has 1 heterocycles. The van der Waals surface area contributed by atoms with Gasteiger partial charge in [0.25, 0.3) is 0 Å². The van der Waals surface area contributed by atoms with Crippen molar-refractivity contribution in [1.82, 2.24) is 4.98 Å². The Bertz CT molecular complexity index is 373. The van der Waals surface area contributed by atoms with Crippen LogP contribution in [0, 0.1) is 17.1 Å². The lowest BCUT2D eigenvalue weighted by molar-refractivity contribution is 0.618. The van der Waals surface area contributed by atoms with Gasteiger partial charge >= 0.3 is 0 Å². The van der Waals surface area contributed by atoms with Crippen molar-refractivity contribution in [3.63, 3.8) is 0 Å². The van der Waals surface area contributed by atoms with Crippen LogP contribution < -0.4 is 0 Å². The highest BCUT2D eigenvalue weighted by Gasteiger charge is 2.13. The Morgan fingerprint density at radius 1 is 1.54 bits per heavy atom. The molecule has 1 rings (SSSR count). The third-order valence-corrected chi connectivity index (χ3v) is 2.14. The zero-order valence-electron chi connectivity index (χ0n) is 6.68. The Morgan fingerprint density at radius 3 is 2.69 bits per heavy atom. The Balaban J connectivity index is 3.25. The van der Waals surface area contributed by atoms with Gasteiger partial charge in [-0.1, -0.05) is 23.2 Å². The maximum absolute atomic E-state index is 12.9. The molecule has 0 aliphatic heterocycles. The van der Waals surface area contributed by atoms with Gasteiger partial charge < -0.3 is 0 Å². The van der Waals surface area contributed by atoms with Crippen LogP contribution in [0.2, 0.25) is 10.3 Å². The van der Waals surface area contributed by atoms with E-state index in [-0.39, 0.29) is 10.3 Å². The highest BCUT2D eigenvalue weighted by atomic mass is 35.5. The first kappa shape index (κ1) is 10.2. The summed E-state index contributed by atoms with van der Waals surface area (Å²) >= 11 is 11.0. The van der Waals surface area contributed by atoms with Gasteiger partial charge in [-0.25, -0.2) is 9.37 Å². The molecule has 0 aromatic carbocycles. The molecule has 0 fully saturated rings. The standard InChI is InChI=1S/C8H5Cl2FN2/c1-4(3-12)5-2-6(11)8(10)13-7(5)9/h2,4H,1H3. The molecule has 0 aliphatic carbocycles. The molecular formula is C8H5Cl2FN2. The topological polar surface area (TPSA) is 36.7 Å². The van der Waals surface area contributed by atoms with E-state index in [1.165, 1.54) is 0 Å². The molecule has 2 nitrogen and oxygen atoms in total. The summed E-state index contributed by atoms with van der Waals surface area (Å²) in [5.74, 6) is -1.16. The van der Waals surface area contributed by atoms with Gasteiger partial charge in [-0.2, -0.15) is 5.26 Å². The minimum atomic E-state index is -0.664. The Kier molecular flexibility index (Phi) is 3.07. The van der Waals surface area contributed by atoms with Gasteiger partial charge in [0, 0.05) is 5.56 Å². The van der Waals surface area contributed by atoms with E-state index in [0.717, 1.165) is 6.07 Å². The fourth-order valence-electron chi connectivity index (χ4n) is 0.833. The first-order valence-electron chi connectivity index (χ1n) is 3.47. The number of nitriles is 1. The molecule has 0 radical (unpaired) electrons. The molecule has 0 saturated heterocycles. The predicted molar refractivity (Wildman–Crippen MR) is 48.2 cm³/mol. The number of aromatic nitrogens is 1. The Morgan fingerprint density at radius 2 is 2.15 bits per heavy atom. The van der Waals surface area contributed by atoms with E-state index >= 15 is 0 Å². The van der Waals surface area contributed by atoms with Crippen LogP contribution in [0.3, 0.4) is 0 Å². The van der Waals surface area contributed by atoms with Crippen molar-refractivity contribution < 1.29 is 4.39 Å². The van der Waals surface area contributed by atoms with Gasteiger partial charge in [-0.05, 0) is 13.0 Å². The molecule has 0 amide bonds. The Labute approximate surface area is 84.9 Å². The summed E-state index contributed by atoms with van der Waals surface area (Å²) in [7, 11) is 0. The number of nitrogens with zero attached hydrogens (tertiary/aromatic N) is 2. The van der Waals surface area contributed by atoms with E-state index in [1.807, 2.05) is 6.07 Å². The van der Waals surface area contributed by atoms with Gasteiger partial charge in [0.1, 0.15) is 5.15 Å². The predicted octanol–water partition coefficient (Wildman–Crippen LogP) is 3.15. The maximum Gasteiger partial charge on any atom is 0.166 e. The van der Waals surface area contributed by atoms with Gasteiger partial charge in [-0.3, -0.25) is 0 Å². The summed E-state index contributed by atoms with van der Waals surface area (Å²) < 4.78 is 12.9. The number of pyridine rings is 1. The molecule has 68 valence electrons. The van der Waals surface area contributed by atoms with Crippen molar-refractivity contribution in [1.29, 1.82) is 5.26 Å². The minimum absolute atomic E-state index is 0.0699. The molecule has 0 saturated carbocycles. The second-order valence-electron chi connectivity index (χ2n) is 2.49. The normalized spacial score (nSPS) is 12.2. The van der Waals surface area contributed by atoms with E-state index in [1.54, 1.807) is 6.92 Å². The van der Waals surface area contributed by atoms with Crippen LogP contribution in [0.25, 0.3) is 0 Å². The van der Waals surface area contributed by atoms with Crippen molar-refractivity contribution in [3.05, 3.63) is 27.8 Å². The van der Waals surface area contributed by atoms with Gasteiger partial charge in [0.05, 0.1) is 12.0 Å². The van der Waals surface area contributed by atoms with E-state index in [0.29, 0.717) is 5.56 Å². The van der Waals surface area contributed by atoms with Crippen molar-refractivity contribution in [2.45, 2.75) is 12.8 Å². The molecule has 1 aromatic heterocycles. The molecule has 5 heteroatoms. The van der Waals surface area contributed by atoms with E-state index in [4.69, 9.17) is 28.5 Å². The summed E-state index contributed by atoms with van der Waals surface area (Å²) in [6, 6.07) is 3.07. The SMILES string of the molecule is CC(C#N)c1cc(F)c(Cl)nc1Cl. The molecule has 1 unspecified atom stereocenters. The zero-order chi connectivity index (χ0) is 10.0. The zero-order valence-corrected chi connectivity index (χ0v) is 8.19. The molecule has 1 atom stereocenters. The maximum atomic E-state index is 12.9. The van der Waals surface area contributed by atoms with Crippen molar-refractivity contribution >= 4 is 23.2 Å². The average Bonchev–Trinajstić information content (AvgIpc) is 2.10. The monoisotopic (exact) mass is 218 g/mol. The molecule has 13 heavy (non-hydrogen) atoms. The van der Waals surface area contributed by atoms with Crippen LogP contribution >= 0.6 is 23.2 Å².